The van der Waals surface area contributed by atoms with Gasteiger partial charge in [0.15, 0.2) is 19.7 Å². The predicted molar refractivity (Wildman–Crippen MR) is 275 cm³/mol. The molecule has 0 spiro atoms. The maximum Gasteiger partial charge on any atom is 0.273 e. The van der Waals surface area contributed by atoms with Gasteiger partial charge in [0.1, 0.15) is 28.6 Å². The lowest BCUT2D eigenvalue weighted by Crippen LogP contribution is -2.27. The number of aryl methyl sites for hydroxylation is 5. The summed E-state index contributed by atoms with van der Waals surface area (Å²) in [5.41, 5.74) is 6.48. The molecule has 0 amide bonds. The van der Waals surface area contributed by atoms with Crippen molar-refractivity contribution < 1.29 is 16.8 Å². The van der Waals surface area contributed by atoms with Gasteiger partial charge in [-0.25, -0.2) is 31.8 Å². The first-order chi connectivity index (χ1) is 33.0. The molecule has 354 valence electrons. The van der Waals surface area contributed by atoms with E-state index in [-0.39, 0.29) is 32.3 Å². The minimum atomic E-state index is -3.67. The fourth-order valence-corrected chi connectivity index (χ4v) is 10.9. The van der Waals surface area contributed by atoms with Gasteiger partial charge in [0.05, 0.1) is 42.9 Å². The van der Waals surface area contributed by atoms with Crippen LogP contribution in [0.3, 0.4) is 0 Å². The van der Waals surface area contributed by atoms with Crippen LogP contribution in [0.2, 0.25) is 5.02 Å². The number of rotatable bonds is 11. The van der Waals surface area contributed by atoms with Crippen molar-refractivity contribution in [3.63, 3.8) is 0 Å². The Bertz CT molecular complexity index is 3730. The van der Waals surface area contributed by atoms with Crippen molar-refractivity contribution in [3.05, 3.63) is 210 Å². The Balaban J connectivity index is 0.000000153. The average Bonchev–Trinajstić information content (AvgIpc) is 3.34. The molecule has 0 saturated heterocycles. The Morgan fingerprint density at radius 2 is 0.870 bits per heavy atom. The van der Waals surface area contributed by atoms with Crippen LogP contribution in [0.4, 0.5) is 0 Å². The molecule has 0 aliphatic carbocycles. The number of para-hydroxylation sites is 6. The van der Waals surface area contributed by atoms with Crippen LogP contribution >= 0.6 is 23.4 Å². The zero-order chi connectivity index (χ0) is 49.5. The quantitative estimate of drug-likeness (QED) is 0.113. The standard InChI is InChI=1S/C18H18N2O3S.C18H18N2OS.C16H13ClN2O3S/c1-3-20-17-7-5-4-6-15(17)19-16(18(20)21)12-24(22,23)14-10-8-13(2)9-11-14;1-3-20-17-7-5-4-6-15(17)19-16(18(20)21)12-22-14-10-8-13(2)9-11-14;1-19-15-5-3-2-4-13(15)18-14(16(19)20)10-23(21,22)12-8-6-11(17)7-9-12/h4-11H,3,12H2,1-2H3;4-11H,3,12H2,1-2H3;2-9H,10H2,1H3. The highest BCUT2D eigenvalue weighted by molar-refractivity contribution is 7.98. The largest absolute Gasteiger partial charge is 0.308 e. The van der Waals surface area contributed by atoms with Crippen LogP contribution in [0.15, 0.2) is 175 Å². The third-order valence-electron chi connectivity index (χ3n) is 11.1. The van der Waals surface area contributed by atoms with Crippen LogP contribution < -0.4 is 16.7 Å². The molecule has 9 rings (SSSR count). The Hall–Kier alpha value is -6.72. The smallest absolute Gasteiger partial charge is 0.273 e. The van der Waals surface area contributed by atoms with E-state index in [0.29, 0.717) is 51.6 Å². The molecule has 0 bridgehead atoms. The summed E-state index contributed by atoms with van der Waals surface area (Å²) in [5.74, 6) is -0.265. The molecule has 6 aromatic carbocycles. The first kappa shape index (κ1) is 50.2. The molecule has 0 N–H and O–H groups in total. The fourth-order valence-electron chi connectivity index (χ4n) is 7.44. The van der Waals surface area contributed by atoms with Crippen LogP contribution in [0.25, 0.3) is 33.1 Å². The van der Waals surface area contributed by atoms with E-state index < -0.39 is 36.7 Å². The van der Waals surface area contributed by atoms with Crippen molar-refractivity contribution in [1.29, 1.82) is 0 Å². The van der Waals surface area contributed by atoms with E-state index in [4.69, 9.17) is 11.6 Å². The molecule has 17 heteroatoms. The second-order valence-electron chi connectivity index (χ2n) is 16.0. The van der Waals surface area contributed by atoms with E-state index in [1.807, 2.05) is 63.2 Å². The van der Waals surface area contributed by atoms with Gasteiger partial charge in [-0.2, -0.15) is 0 Å². The number of nitrogens with zero attached hydrogens (tertiary/aromatic N) is 6. The number of benzene rings is 6. The third-order valence-corrected chi connectivity index (χ3v) is 15.7. The van der Waals surface area contributed by atoms with Gasteiger partial charge in [-0.05, 0) is 113 Å². The molecule has 0 saturated carbocycles. The lowest BCUT2D eigenvalue weighted by atomic mass is 10.2. The van der Waals surface area contributed by atoms with Gasteiger partial charge in [0.25, 0.3) is 16.7 Å². The third kappa shape index (κ3) is 11.8. The predicted octanol–water partition coefficient (Wildman–Crippen LogP) is 9.28. The van der Waals surface area contributed by atoms with E-state index >= 15 is 0 Å². The van der Waals surface area contributed by atoms with E-state index in [1.54, 1.807) is 82.5 Å². The topological polar surface area (TPSA) is 173 Å². The molecular weight excluding hydrogens is 952 g/mol. The highest BCUT2D eigenvalue weighted by atomic mass is 35.5. The molecule has 0 atom stereocenters. The second-order valence-corrected chi connectivity index (χ2v) is 21.5. The summed E-state index contributed by atoms with van der Waals surface area (Å²) in [7, 11) is -5.69. The molecule has 13 nitrogen and oxygen atoms in total. The van der Waals surface area contributed by atoms with E-state index in [9.17, 15) is 31.2 Å². The van der Waals surface area contributed by atoms with Crippen molar-refractivity contribution in [2.24, 2.45) is 7.05 Å². The number of fused-ring (bicyclic) bond motifs is 3. The first-order valence-electron chi connectivity index (χ1n) is 21.9. The molecule has 0 radical (unpaired) electrons. The van der Waals surface area contributed by atoms with Gasteiger partial charge < -0.3 is 13.7 Å². The second kappa shape index (κ2) is 21.7. The summed E-state index contributed by atoms with van der Waals surface area (Å²) in [4.78, 5) is 52.1. The number of halogens is 1. The lowest BCUT2D eigenvalue weighted by molar-refractivity contribution is 0.592. The zero-order valence-corrected chi connectivity index (χ0v) is 41.7. The van der Waals surface area contributed by atoms with E-state index in [1.165, 1.54) is 34.4 Å². The number of aromatic nitrogens is 6. The SMILES string of the molecule is CCn1c(=O)c(CS(=O)(=O)c2ccc(C)cc2)nc2ccccc21.CCn1c(=O)c(CSc2ccc(C)cc2)nc2ccccc21.Cn1c(=O)c(CS(=O)(=O)c2ccc(Cl)cc2)nc2ccccc21. The molecule has 0 aliphatic rings. The van der Waals surface area contributed by atoms with Gasteiger partial charge in [-0.3, -0.25) is 14.4 Å². The maximum atomic E-state index is 12.6. The average molecular weight is 1000 g/mol. The zero-order valence-electron chi connectivity index (χ0n) is 38.5. The highest BCUT2D eigenvalue weighted by Crippen LogP contribution is 2.23. The molecule has 0 aliphatic heterocycles. The van der Waals surface area contributed by atoms with Crippen molar-refractivity contribution in [2.75, 3.05) is 0 Å². The Labute approximate surface area is 409 Å². The van der Waals surface area contributed by atoms with Crippen molar-refractivity contribution in [3.8, 4) is 0 Å². The molecule has 0 fully saturated rings. The summed E-state index contributed by atoms with van der Waals surface area (Å²) in [5, 5.41) is 0.448. The Kier molecular flexibility index (Phi) is 15.8. The summed E-state index contributed by atoms with van der Waals surface area (Å²) in [6.07, 6.45) is 0. The van der Waals surface area contributed by atoms with E-state index in [0.717, 1.165) is 21.5 Å². The van der Waals surface area contributed by atoms with Crippen molar-refractivity contribution in [2.45, 2.75) is 72.7 Å². The number of thioether (sulfide) groups is 1. The number of sulfone groups is 2. The van der Waals surface area contributed by atoms with Gasteiger partial charge in [0.2, 0.25) is 0 Å². The monoisotopic (exact) mass is 1000 g/mol. The molecular formula is C52H49ClN6O7S3. The Morgan fingerprint density at radius 1 is 0.493 bits per heavy atom. The minimum absolute atomic E-state index is 0.00106. The van der Waals surface area contributed by atoms with Crippen molar-refractivity contribution in [1.82, 2.24) is 28.7 Å². The van der Waals surface area contributed by atoms with Crippen LogP contribution in [-0.4, -0.2) is 45.5 Å². The van der Waals surface area contributed by atoms with Crippen LogP contribution in [-0.2, 0) is 57.1 Å². The lowest BCUT2D eigenvalue weighted by Gasteiger charge is -2.10. The normalized spacial score (nSPS) is 11.5. The molecule has 0 unspecified atom stereocenters. The summed E-state index contributed by atoms with van der Waals surface area (Å²) in [6.45, 7) is 8.92. The summed E-state index contributed by atoms with van der Waals surface area (Å²) < 4.78 is 55.0. The summed E-state index contributed by atoms with van der Waals surface area (Å²) in [6, 6.07) is 42.9. The van der Waals surface area contributed by atoms with E-state index in [2.05, 4.69) is 46.1 Å². The fraction of sp³-hybridized carbons (Fsp3) is 0.192. The molecule has 3 heterocycles. The maximum absolute atomic E-state index is 12.6. The van der Waals surface area contributed by atoms with Gasteiger partial charge in [-0.15, -0.1) is 11.8 Å². The highest BCUT2D eigenvalue weighted by Gasteiger charge is 2.22. The number of hydrogen-bond donors (Lipinski definition) is 0. The number of hydrogen-bond acceptors (Lipinski definition) is 11. The van der Waals surface area contributed by atoms with Crippen molar-refractivity contribution >= 4 is 76.1 Å². The van der Waals surface area contributed by atoms with Crippen LogP contribution in [0.5, 0.6) is 0 Å². The first-order valence-corrected chi connectivity index (χ1v) is 26.5. The summed E-state index contributed by atoms with van der Waals surface area (Å²) >= 11 is 7.42. The molecule has 9 aromatic rings. The van der Waals surface area contributed by atoms with Crippen LogP contribution in [0, 0.1) is 13.8 Å². The molecule has 69 heavy (non-hydrogen) atoms. The van der Waals surface area contributed by atoms with Gasteiger partial charge in [-0.1, -0.05) is 83.4 Å². The Morgan fingerprint density at radius 3 is 1.35 bits per heavy atom. The van der Waals surface area contributed by atoms with Gasteiger partial charge >= 0.3 is 0 Å². The molecule has 3 aromatic heterocycles. The minimum Gasteiger partial charge on any atom is -0.308 e. The van der Waals surface area contributed by atoms with Gasteiger partial charge in [0, 0.05) is 35.8 Å². The van der Waals surface area contributed by atoms with Crippen LogP contribution in [0.1, 0.15) is 42.1 Å².